The van der Waals surface area contributed by atoms with Gasteiger partial charge in [-0.1, -0.05) is 30.3 Å². The second kappa shape index (κ2) is 9.07. The van der Waals surface area contributed by atoms with Gasteiger partial charge in [0.05, 0.1) is 24.3 Å². The molecule has 0 radical (unpaired) electrons. The van der Waals surface area contributed by atoms with Crippen molar-refractivity contribution in [2.75, 3.05) is 18.0 Å². The highest BCUT2D eigenvalue weighted by Gasteiger charge is 2.29. The van der Waals surface area contributed by atoms with Crippen molar-refractivity contribution in [3.8, 4) is 0 Å². The number of hydrogen-bond donors (Lipinski definition) is 1. The molecule has 2 aromatic carbocycles. The van der Waals surface area contributed by atoms with Gasteiger partial charge < -0.3 is 10.2 Å². The monoisotopic (exact) mass is 424 g/mol. The number of nitrogens with zero attached hydrogens (tertiary/aromatic N) is 3. The molecule has 1 aromatic heterocycles. The van der Waals surface area contributed by atoms with Crippen LogP contribution in [0.25, 0.3) is 0 Å². The first-order valence-electron chi connectivity index (χ1n) is 10.1. The molecule has 1 unspecified atom stereocenters. The van der Waals surface area contributed by atoms with Crippen LogP contribution in [0.2, 0.25) is 0 Å². The predicted octanol–water partition coefficient (Wildman–Crippen LogP) is 2.71. The summed E-state index contributed by atoms with van der Waals surface area (Å²) in [6.07, 6.45) is 2.23. The number of aromatic nitrogens is 2. The van der Waals surface area contributed by atoms with E-state index in [1.165, 1.54) is 10.7 Å². The van der Waals surface area contributed by atoms with Crippen LogP contribution in [0.3, 0.4) is 0 Å². The van der Waals surface area contributed by atoms with E-state index in [1.807, 2.05) is 35.2 Å². The fraction of sp³-hybridized carbons (Fsp3) is 0.261. The van der Waals surface area contributed by atoms with Crippen LogP contribution in [-0.2, 0) is 17.9 Å². The number of nitrogens with one attached hydrogen (secondary N) is 1. The minimum atomic E-state index is -0.558. The molecule has 1 fully saturated rings. The first kappa shape index (κ1) is 20.7. The van der Waals surface area contributed by atoms with Gasteiger partial charge in [-0.2, -0.15) is 5.10 Å². The zero-order chi connectivity index (χ0) is 21.8. The van der Waals surface area contributed by atoms with Crippen LogP contribution in [0.5, 0.6) is 0 Å². The van der Waals surface area contributed by atoms with E-state index in [1.54, 1.807) is 6.20 Å². The molecule has 1 aliphatic heterocycles. The molecule has 0 aliphatic carbocycles. The third kappa shape index (κ3) is 4.96. The van der Waals surface area contributed by atoms with E-state index in [0.29, 0.717) is 31.7 Å². The van der Waals surface area contributed by atoms with E-state index < -0.39 is 11.6 Å². The average Bonchev–Trinajstić information content (AvgIpc) is 3.27. The molecule has 0 bridgehead atoms. The Bertz CT molecular complexity index is 1130. The Morgan fingerprint density at radius 1 is 1.13 bits per heavy atom. The standard InChI is InChI=1S/C23H22F2N4O2/c24-19-6-7-21(25)18(10-19)12-26-23(31)17-8-9-28(15-17)20-11-22(30)29(27-13-20)14-16-4-2-1-3-5-16/h1-7,10-11,13,17H,8-9,12,14-15H2,(H,26,31). The lowest BCUT2D eigenvalue weighted by Crippen LogP contribution is -2.33. The number of rotatable bonds is 6. The highest BCUT2D eigenvalue weighted by Crippen LogP contribution is 2.22. The molecule has 1 N–H and O–H groups in total. The number of hydrogen-bond acceptors (Lipinski definition) is 4. The maximum atomic E-state index is 13.7. The molecule has 8 heteroatoms. The highest BCUT2D eigenvalue weighted by molar-refractivity contribution is 5.80. The third-order valence-corrected chi connectivity index (χ3v) is 5.42. The van der Waals surface area contributed by atoms with Crippen molar-refractivity contribution < 1.29 is 13.6 Å². The minimum Gasteiger partial charge on any atom is -0.369 e. The van der Waals surface area contributed by atoms with E-state index in [0.717, 1.165) is 23.8 Å². The van der Waals surface area contributed by atoms with Crippen molar-refractivity contribution in [1.82, 2.24) is 15.1 Å². The number of halogens is 2. The maximum absolute atomic E-state index is 13.7. The molecule has 2 heterocycles. The molecule has 1 atom stereocenters. The molecule has 1 amide bonds. The SMILES string of the molecule is O=C(NCc1cc(F)ccc1F)C1CCN(c2cnn(Cc3ccccc3)c(=O)c2)C1. The van der Waals surface area contributed by atoms with Crippen molar-refractivity contribution in [2.24, 2.45) is 5.92 Å². The zero-order valence-corrected chi connectivity index (χ0v) is 16.8. The lowest BCUT2D eigenvalue weighted by molar-refractivity contribution is -0.124. The molecule has 1 aliphatic rings. The molecule has 4 rings (SSSR count). The van der Waals surface area contributed by atoms with E-state index in [4.69, 9.17) is 0 Å². The van der Waals surface area contributed by atoms with Crippen LogP contribution >= 0.6 is 0 Å². The lowest BCUT2D eigenvalue weighted by Gasteiger charge is -2.18. The van der Waals surface area contributed by atoms with Crippen molar-refractivity contribution in [2.45, 2.75) is 19.5 Å². The Morgan fingerprint density at radius 2 is 1.94 bits per heavy atom. The Morgan fingerprint density at radius 3 is 2.71 bits per heavy atom. The Labute approximate surface area is 178 Å². The Balaban J connectivity index is 1.36. The molecule has 160 valence electrons. The topological polar surface area (TPSA) is 67.2 Å². The molecular formula is C23H22F2N4O2. The summed E-state index contributed by atoms with van der Waals surface area (Å²) in [4.78, 5) is 26.9. The van der Waals surface area contributed by atoms with Crippen LogP contribution in [-0.4, -0.2) is 28.8 Å². The van der Waals surface area contributed by atoms with Gasteiger partial charge in [0, 0.05) is 31.3 Å². The van der Waals surface area contributed by atoms with Gasteiger partial charge in [0.1, 0.15) is 11.6 Å². The number of carbonyl (C=O) groups excluding carboxylic acids is 1. The van der Waals surface area contributed by atoms with Gasteiger partial charge in [-0.25, -0.2) is 13.5 Å². The molecule has 0 spiro atoms. The van der Waals surface area contributed by atoms with Crippen molar-refractivity contribution >= 4 is 11.6 Å². The molecule has 0 saturated carbocycles. The summed E-state index contributed by atoms with van der Waals surface area (Å²) in [5.41, 5.74) is 1.54. The molecule has 3 aromatic rings. The molecule has 31 heavy (non-hydrogen) atoms. The summed E-state index contributed by atoms with van der Waals surface area (Å²) in [5.74, 6) is -1.64. The maximum Gasteiger partial charge on any atom is 0.269 e. The zero-order valence-electron chi connectivity index (χ0n) is 16.8. The summed E-state index contributed by atoms with van der Waals surface area (Å²) < 4.78 is 28.4. The fourth-order valence-corrected chi connectivity index (χ4v) is 3.69. The highest BCUT2D eigenvalue weighted by atomic mass is 19.1. The minimum absolute atomic E-state index is 0.0734. The summed E-state index contributed by atoms with van der Waals surface area (Å²) in [6.45, 7) is 1.36. The lowest BCUT2D eigenvalue weighted by atomic mass is 10.1. The number of carbonyl (C=O) groups is 1. The van der Waals surface area contributed by atoms with Crippen molar-refractivity contribution in [3.05, 3.63) is 93.9 Å². The molecule has 1 saturated heterocycles. The fourth-order valence-electron chi connectivity index (χ4n) is 3.69. The van der Waals surface area contributed by atoms with Gasteiger partial charge in [0.25, 0.3) is 5.56 Å². The number of benzene rings is 2. The second-order valence-corrected chi connectivity index (χ2v) is 7.58. The largest absolute Gasteiger partial charge is 0.369 e. The molecule has 6 nitrogen and oxygen atoms in total. The van der Waals surface area contributed by atoms with Gasteiger partial charge in [0.2, 0.25) is 5.91 Å². The van der Waals surface area contributed by atoms with Gasteiger partial charge >= 0.3 is 0 Å². The van der Waals surface area contributed by atoms with Crippen LogP contribution < -0.4 is 15.8 Å². The number of anilines is 1. The van der Waals surface area contributed by atoms with Gasteiger partial charge in [0.15, 0.2) is 0 Å². The third-order valence-electron chi connectivity index (χ3n) is 5.42. The van der Waals surface area contributed by atoms with Crippen molar-refractivity contribution in [3.63, 3.8) is 0 Å². The van der Waals surface area contributed by atoms with E-state index in [-0.39, 0.29) is 29.5 Å². The van der Waals surface area contributed by atoms with Gasteiger partial charge in [-0.15, -0.1) is 0 Å². The van der Waals surface area contributed by atoms with E-state index in [2.05, 4.69) is 10.4 Å². The van der Waals surface area contributed by atoms with Crippen LogP contribution in [0, 0.1) is 17.6 Å². The summed E-state index contributed by atoms with van der Waals surface area (Å²) in [5, 5.41) is 6.94. The first-order chi connectivity index (χ1) is 15.0. The van der Waals surface area contributed by atoms with Crippen LogP contribution in [0.1, 0.15) is 17.5 Å². The summed E-state index contributed by atoms with van der Waals surface area (Å²) >= 11 is 0. The second-order valence-electron chi connectivity index (χ2n) is 7.58. The average molecular weight is 424 g/mol. The summed E-state index contributed by atoms with van der Waals surface area (Å²) in [7, 11) is 0. The first-order valence-corrected chi connectivity index (χ1v) is 10.1. The predicted molar refractivity (Wildman–Crippen MR) is 113 cm³/mol. The normalized spacial score (nSPS) is 15.8. The van der Waals surface area contributed by atoms with Crippen LogP contribution in [0.15, 0.2) is 65.6 Å². The van der Waals surface area contributed by atoms with Gasteiger partial charge in [-0.3, -0.25) is 9.59 Å². The smallest absolute Gasteiger partial charge is 0.269 e. The van der Waals surface area contributed by atoms with Crippen LogP contribution in [0.4, 0.5) is 14.5 Å². The molecular weight excluding hydrogens is 402 g/mol. The Hall–Kier alpha value is -3.55. The van der Waals surface area contributed by atoms with Crippen molar-refractivity contribution in [1.29, 1.82) is 0 Å². The summed E-state index contributed by atoms with van der Waals surface area (Å²) in [6, 6.07) is 14.3. The number of amides is 1. The quantitative estimate of drug-likeness (QED) is 0.661. The Kier molecular flexibility index (Phi) is 6.06. The van der Waals surface area contributed by atoms with E-state index in [9.17, 15) is 18.4 Å². The van der Waals surface area contributed by atoms with Gasteiger partial charge in [-0.05, 0) is 30.2 Å². The van der Waals surface area contributed by atoms with E-state index >= 15 is 0 Å².